The van der Waals surface area contributed by atoms with Gasteiger partial charge in [-0.25, -0.2) is 0 Å². The summed E-state index contributed by atoms with van der Waals surface area (Å²) in [6.07, 6.45) is 0. The molecule has 7 heteroatoms. The first-order valence-electron chi connectivity index (χ1n) is 2.13. The second-order valence-corrected chi connectivity index (χ2v) is 1.39. The maximum absolute atomic E-state index is 11.9. The Balaban J connectivity index is 2.94. The van der Waals surface area contributed by atoms with Crippen molar-refractivity contribution in [3.63, 3.8) is 0 Å². The van der Waals surface area contributed by atoms with Gasteiger partial charge in [0, 0.05) is 0 Å². The largest absolute Gasteiger partial charge is 0.282 e. The maximum Gasteiger partial charge on any atom is 0.282 e. The molecule has 0 aromatic carbocycles. The molecule has 0 aliphatic carbocycles. The Bertz CT molecular complexity index is 210. The lowest BCUT2D eigenvalue weighted by atomic mass is 10.5. The molecule has 0 saturated heterocycles. The van der Waals surface area contributed by atoms with Crippen LogP contribution in [0.1, 0.15) is 0 Å². The van der Waals surface area contributed by atoms with Gasteiger partial charge >= 0.3 is 0 Å². The normalized spacial score (nSPS) is 18.8. The fourth-order valence-corrected chi connectivity index (χ4v) is 0.352. The average molecular weight is 155 g/mol. The lowest BCUT2D eigenvalue weighted by molar-refractivity contribution is -0.0254. The number of hydrazone groups is 1. The van der Waals surface area contributed by atoms with E-state index in [4.69, 9.17) is 0 Å². The smallest absolute Gasteiger partial charge is 0.197 e. The van der Waals surface area contributed by atoms with Gasteiger partial charge in [0.1, 0.15) is 0 Å². The third-order valence-corrected chi connectivity index (χ3v) is 0.771. The number of hydrogen-bond acceptors (Lipinski definition) is 3. The minimum Gasteiger partial charge on any atom is -0.197 e. The highest BCUT2D eigenvalue weighted by atomic mass is 19.2. The molecule has 1 aliphatic rings. The molecule has 0 spiro atoms. The van der Waals surface area contributed by atoms with E-state index in [0.29, 0.717) is 0 Å². The van der Waals surface area contributed by atoms with Crippen LogP contribution in [0.25, 0.3) is 0 Å². The Labute approximate surface area is 52.5 Å². The van der Waals surface area contributed by atoms with E-state index in [1.165, 1.54) is 5.53 Å². The zero-order valence-corrected chi connectivity index (χ0v) is 4.41. The molecular weight excluding hydrogens is 154 g/mol. The number of hydrogen-bond donors (Lipinski definition) is 1. The molecule has 0 amide bonds. The van der Waals surface area contributed by atoms with Crippen LogP contribution >= 0.6 is 0 Å². The number of allylic oxidation sites excluding steroid dienone is 1. The summed E-state index contributed by atoms with van der Waals surface area (Å²) in [5.41, 5.74) is 1.22. The van der Waals surface area contributed by atoms with E-state index >= 15 is 0 Å². The fourth-order valence-electron chi connectivity index (χ4n) is 0.352. The Hall–Kier alpha value is -1.27. The summed E-state index contributed by atoms with van der Waals surface area (Å²) in [5, 5.41) is 1.54. The van der Waals surface area contributed by atoms with E-state index in [-0.39, 0.29) is 0 Å². The summed E-state index contributed by atoms with van der Waals surface area (Å²) in [6.45, 7) is 0. The van der Waals surface area contributed by atoms with Gasteiger partial charge in [0.15, 0.2) is 0 Å². The SMILES string of the molecule is FC1=NNN(F)C(F)=C1F. The molecule has 0 saturated carbocycles. The summed E-state index contributed by atoms with van der Waals surface area (Å²) in [5.74, 6) is -5.65. The molecule has 0 fully saturated rings. The van der Waals surface area contributed by atoms with Crippen LogP contribution < -0.4 is 5.53 Å². The average Bonchev–Trinajstić information content (AvgIpc) is 1.93. The van der Waals surface area contributed by atoms with Gasteiger partial charge in [0.25, 0.3) is 11.9 Å². The standard InChI is InChI=1S/C3HF4N3/c4-1-2(5)8-9-10(7)3(1)6/h9H. The van der Waals surface area contributed by atoms with Crippen LogP contribution in [0.5, 0.6) is 0 Å². The molecule has 0 bridgehead atoms. The van der Waals surface area contributed by atoms with Crippen molar-refractivity contribution < 1.29 is 17.7 Å². The molecule has 1 aliphatic heterocycles. The minimum absolute atomic E-state index is 0.877. The highest BCUT2D eigenvalue weighted by Gasteiger charge is 2.24. The van der Waals surface area contributed by atoms with Crippen LogP contribution in [0.2, 0.25) is 0 Å². The van der Waals surface area contributed by atoms with Gasteiger partial charge in [-0.15, -0.1) is 5.10 Å². The van der Waals surface area contributed by atoms with Crippen LogP contribution in [-0.2, 0) is 0 Å². The van der Waals surface area contributed by atoms with Crippen molar-refractivity contribution in [2.24, 2.45) is 5.10 Å². The Morgan fingerprint density at radius 1 is 1.30 bits per heavy atom. The van der Waals surface area contributed by atoms with Crippen LogP contribution in [0.3, 0.4) is 0 Å². The van der Waals surface area contributed by atoms with Gasteiger partial charge in [-0.3, -0.25) is 0 Å². The lowest BCUT2D eigenvalue weighted by Gasteiger charge is -2.12. The van der Waals surface area contributed by atoms with E-state index in [1.54, 1.807) is 0 Å². The predicted molar refractivity (Wildman–Crippen MR) is 23.9 cm³/mol. The van der Waals surface area contributed by atoms with Crippen LogP contribution in [0, 0.1) is 0 Å². The van der Waals surface area contributed by atoms with E-state index in [2.05, 4.69) is 5.10 Å². The van der Waals surface area contributed by atoms with Crippen LogP contribution in [-0.4, -0.2) is 11.2 Å². The second kappa shape index (κ2) is 2.16. The Kier molecular flexibility index (Phi) is 1.48. The molecule has 3 nitrogen and oxygen atoms in total. The highest BCUT2D eigenvalue weighted by molar-refractivity contribution is 5.90. The number of nitrogens with zero attached hydrogens (tertiary/aromatic N) is 2. The second-order valence-electron chi connectivity index (χ2n) is 1.39. The maximum atomic E-state index is 11.9. The quantitative estimate of drug-likeness (QED) is 0.322. The van der Waals surface area contributed by atoms with Gasteiger partial charge in [0.2, 0.25) is 5.83 Å². The molecule has 0 aromatic rings. The fraction of sp³-hybridized carbons (Fsp3) is 0. The number of rotatable bonds is 0. The van der Waals surface area contributed by atoms with Crippen molar-refractivity contribution in [2.45, 2.75) is 0 Å². The molecule has 0 radical (unpaired) electrons. The first-order valence-corrected chi connectivity index (χ1v) is 2.13. The summed E-state index contributed by atoms with van der Waals surface area (Å²) in [4.78, 5) is 0. The summed E-state index contributed by atoms with van der Waals surface area (Å²) < 4.78 is 47.4. The minimum atomic E-state index is -1.98. The zero-order valence-electron chi connectivity index (χ0n) is 4.41. The van der Waals surface area contributed by atoms with Gasteiger partial charge < -0.3 is 0 Å². The Morgan fingerprint density at radius 3 is 2.40 bits per heavy atom. The van der Waals surface area contributed by atoms with Crippen molar-refractivity contribution in [3.8, 4) is 0 Å². The topological polar surface area (TPSA) is 27.6 Å². The molecule has 56 valence electrons. The van der Waals surface area contributed by atoms with Crippen molar-refractivity contribution >= 4 is 5.97 Å². The molecule has 0 atom stereocenters. The summed E-state index contributed by atoms with van der Waals surface area (Å²) in [6, 6.07) is 0. The Morgan fingerprint density at radius 2 is 1.90 bits per heavy atom. The lowest BCUT2D eigenvalue weighted by Crippen LogP contribution is -2.29. The number of hydrazine groups is 1. The van der Waals surface area contributed by atoms with Crippen molar-refractivity contribution in [1.29, 1.82) is 0 Å². The molecule has 1 rings (SSSR count). The predicted octanol–water partition coefficient (Wildman–Crippen LogP) is 1.08. The van der Waals surface area contributed by atoms with Gasteiger partial charge in [-0.1, -0.05) is 9.71 Å². The molecule has 1 heterocycles. The van der Waals surface area contributed by atoms with Crippen LogP contribution in [0.4, 0.5) is 17.7 Å². The summed E-state index contributed by atoms with van der Waals surface area (Å²) in [7, 11) is 0. The summed E-state index contributed by atoms with van der Waals surface area (Å²) >= 11 is 0. The number of halogens is 4. The van der Waals surface area contributed by atoms with E-state index in [9.17, 15) is 17.7 Å². The number of nitrogens with one attached hydrogen (secondary N) is 1. The van der Waals surface area contributed by atoms with Crippen molar-refractivity contribution in [3.05, 3.63) is 11.8 Å². The molecule has 10 heavy (non-hydrogen) atoms. The van der Waals surface area contributed by atoms with Gasteiger partial charge in [-0.2, -0.15) is 18.7 Å². The molecule has 1 N–H and O–H groups in total. The molecule has 0 aromatic heterocycles. The molecular formula is C3HF4N3. The van der Waals surface area contributed by atoms with E-state index in [1.807, 2.05) is 0 Å². The highest BCUT2D eigenvalue weighted by Crippen LogP contribution is 2.17. The van der Waals surface area contributed by atoms with Crippen molar-refractivity contribution in [1.82, 2.24) is 10.8 Å². The van der Waals surface area contributed by atoms with E-state index < -0.39 is 23.0 Å². The third-order valence-electron chi connectivity index (χ3n) is 0.771. The van der Waals surface area contributed by atoms with Crippen LogP contribution in [0.15, 0.2) is 16.9 Å². The monoisotopic (exact) mass is 155 g/mol. The first-order chi connectivity index (χ1) is 4.63. The molecule has 0 unspecified atom stereocenters. The van der Waals surface area contributed by atoms with Gasteiger partial charge in [0.05, 0.1) is 0 Å². The first kappa shape index (κ1) is 6.84. The van der Waals surface area contributed by atoms with Gasteiger partial charge in [-0.05, 0) is 0 Å². The third kappa shape index (κ3) is 0.893. The zero-order chi connectivity index (χ0) is 7.72. The van der Waals surface area contributed by atoms with Crippen molar-refractivity contribution in [2.75, 3.05) is 0 Å². The van der Waals surface area contributed by atoms with E-state index in [0.717, 1.165) is 0 Å².